The molecule has 0 fully saturated rings. The standard InChI is InChI=1S/C62H46N3P.C2H6/c1-7-20-43(21-8-1)55-35-51(36-56(63-55)44-22-9-2-10-23-44)52-37-59(47-28-15-5-16-29-47)65-60(40-52)49-32-19-33-50(34-49)62-42-54(41-61(66-62)48-30-17-6-18-31-48)53-38-57(45-24-11-3-12-25-45)64-58(39-53)46-26-13-4-14-27-46;1-2/h1,3-9,11-42,62,66H,2,10H2;1-2H3. The van der Waals surface area contributed by atoms with E-state index in [9.17, 15) is 0 Å². The largest absolute Gasteiger partial charge is 0.248 e. The van der Waals surface area contributed by atoms with Crippen molar-refractivity contribution in [3.05, 3.63) is 265 Å². The van der Waals surface area contributed by atoms with E-state index in [4.69, 9.17) is 15.0 Å². The molecule has 2 unspecified atom stereocenters. The fourth-order valence-electron chi connectivity index (χ4n) is 8.89. The summed E-state index contributed by atoms with van der Waals surface area (Å²) < 4.78 is 0. The predicted molar refractivity (Wildman–Crippen MR) is 290 cm³/mol. The normalized spacial score (nSPS) is 14.6. The van der Waals surface area contributed by atoms with Gasteiger partial charge in [0.05, 0.1) is 34.2 Å². The third-order valence-electron chi connectivity index (χ3n) is 12.3. The molecule has 0 spiro atoms. The molecule has 6 aromatic carbocycles. The summed E-state index contributed by atoms with van der Waals surface area (Å²) in [6, 6.07) is 75.5. The molecule has 11 rings (SSSR count). The zero-order chi connectivity index (χ0) is 46.1. The van der Waals surface area contributed by atoms with Crippen LogP contribution in [-0.4, -0.2) is 15.0 Å². The molecule has 1 aliphatic heterocycles. The van der Waals surface area contributed by atoms with Crippen LogP contribution in [-0.2, 0) is 0 Å². The van der Waals surface area contributed by atoms with Crippen molar-refractivity contribution in [1.82, 2.24) is 15.0 Å². The minimum Gasteiger partial charge on any atom is -0.248 e. The van der Waals surface area contributed by atoms with Crippen LogP contribution >= 0.6 is 8.58 Å². The van der Waals surface area contributed by atoms with Crippen molar-refractivity contribution in [2.45, 2.75) is 32.3 Å². The molecule has 4 heterocycles. The van der Waals surface area contributed by atoms with E-state index in [1.807, 2.05) is 13.8 Å². The SMILES string of the molecule is C1=CC(c2cc(-c3cc(-c4ccccc4)nc(-c4cccc(C5C=C(c6cc(-c7ccccc7)nc(-c7ccccc7)c6)C=C(c6ccccc6)P5)c4)c3)cc(-c3ccccc3)n2)=CCC1.CC. The molecule has 0 saturated carbocycles. The second-order valence-corrected chi connectivity index (χ2v) is 18.2. The highest BCUT2D eigenvalue weighted by Gasteiger charge is 2.22. The van der Waals surface area contributed by atoms with Gasteiger partial charge in [0.1, 0.15) is 0 Å². The van der Waals surface area contributed by atoms with Gasteiger partial charge in [0.15, 0.2) is 0 Å². The lowest BCUT2D eigenvalue weighted by Crippen LogP contribution is -1.99. The third kappa shape index (κ3) is 9.96. The molecule has 9 aromatic rings. The van der Waals surface area contributed by atoms with Crippen molar-refractivity contribution in [2.24, 2.45) is 0 Å². The summed E-state index contributed by atoms with van der Waals surface area (Å²) in [5.74, 6) is 0. The van der Waals surface area contributed by atoms with Gasteiger partial charge in [-0.1, -0.05) is 217 Å². The maximum Gasteiger partial charge on any atom is 0.0715 e. The molecular formula is C64H52N3P. The van der Waals surface area contributed by atoms with E-state index < -0.39 is 0 Å². The van der Waals surface area contributed by atoms with Crippen molar-refractivity contribution >= 4 is 25.0 Å². The Kier molecular flexibility index (Phi) is 13.4. The zero-order valence-corrected chi connectivity index (χ0v) is 39.4. The summed E-state index contributed by atoms with van der Waals surface area (Å²) in [6.45, 7) is 4.00. The van der Waals surface area contributed by atoms with Crippen LogP contribution in [0.3, 0.4) is 0 Å². The molecular weight excluding hydrogens is 842 g/mol. The molecule has 3 nitrogen and oxygen atoms in total. The summed E-state index contributed by atoms with van der Waals surface area (Å²) in [4.78, 5) is 15.8. The second-order valence-electron chi connectivity index (χ2n) is 16.8. The van der Waals surface area contributed by atoms with Gasteiger partial charge in [-0.05, 0) is 106 Å². The van der Waals surface area contributed by atoms with Crippen LogP contribution in [0.5, 0.6) is 0 Å². The molecule has 0 N–H and O–H groups in total. The quantitative estimate of drug-likeness (QED) is 0.128. The number of aromatic nitrogens is 3. The van der Waals surface area contributed by atoms with Gasteiger partial charge in [0.25, 0.3) is 0 Å². The van der Waals surface area contributed by atoms with Crippen LogP contribution in [0.15, 0.2) is 243 Å². The molecule has 0 amide bonds. The van der Waals surface area contributed by atoms with Crippen molar-refractivity contribution in [3.8, 4) is 67.4 Å². The van der Waals surface area contributed by atoms with Gasteiger partial charge in [0.2, 0.25) is 0 Å². The summed E-state index contributed by atoms with van der Waals surface area (Å²) in [6.07, 6.45) is 13.7. The predicted octanol–water partition coefficient (Wildman–Crippen LogP) is 17.5. The topological polar surface area (TPSA) is 38.7 Å². The number of hydrogen-bond donors (Lipinski definition) is 0. The van der Waals surface area contributed by atoms with Crippen molar-refractivity contribution in [2.75, 3.05) is 0 Å². The molecule has 4 heteroatoms. The van der Waals surface area contributed by atoms with Crippen LogP contribution in [0.25, 0.3) is 83.9 Å². The molecule has 1 aliphatic carbocycles. The van der Waals surface area contributed by atoms with Gasteiger partial charge in [0, 0.05) is 33.5 Å². The van der Waals surface area contributed by atoms with Crippen molar-refractivity contribution in [3.63, 3.8) is 0 Å². The Labute approximate surface area is 402 Å². The van der Waals surface area contributed by atoms with Crippen molar-refractivity contribution < 1.29 is 0 Å². The Bertz CT molecular complexity index is 3240. The van der Waals surface area contributed by atoms with Crippen LogP contribution in [0.1, 0.15) is 54.7 Å². The van der Waals surface area contributed by atoms with Gasteiger partial charge in [-0.15, -0.1) is 0 Å². The number of benzene rings is 6. The maximum absolute atomic E-state index is 5.41. The lowest BCUT2D eigenvalue weighted by Gasteiger charge is -2.24. The lowest BCUT2D eigenvalue weighted by atomic mass is 9.95. The molecule has 2 aliphatic rings. The number of hydrogen-bond acceptors (Lipinski definition) is 3. The smallest absolute Gasteiger partial charge is 0.0715 e. The number of nitrogens with zero attached hydrogens (tertiary/aromatic N) is 3. The summed E-state index contributed by atoms with van der Waals surface area (Å²) in [7, 11) is 0.530. The maximum atomic E-state index is 5.41. The van der Waals surface area contributed by atoms with Crippen molar-refractivity contribution in [1.29, 1.82) is 0 Å². The Balaban J connectivity index is 0.00000266. The highest BCUT2D eigenvalue weighted by molar-refractivity contribution is 7.51. The summed E-state index contributed by atoms with van der Waals surface area (Å²) in [5, 5.41) is 1.33. The van der Waals surface area contributed by atoms with Crippen LogP contribution < -0.4 is 0 Å². The highest BCUT2D eigenvalue weighted by Crippen LogP contribution is 2.52. The fourth-order valence-corrected chi connectivity index (χ4v) is 10.4. The Morgan fingerprint density at radius 2 is 0.779 bits per heavy atom. The molecule has 328 valence electrons. The summed E-state index contributed by atoms with van der Waals surface area (Å²) in [5.41, 5.74) is 19.5. The number of pyridine rings is 3. The van der Waals surface area contributed by atoms with E-state index in [-0.39, 0.29) is 5.66 Å². The Morgan fingerprint density at radius 3 is 1.25 bits per heavy atom. The molecule has 0 radical (unpaired) electrons. The Hall–Kier alpha value is -7.84. The highest BCUT2D eigenvalue weighted by atomic mass is 31.1. The van der Waals surface area contributed by atoms with Gasteiger partial charge < -0.3 is 0 Å². The average molecular weight is 894 g/mol. The second kappa shape index (κ2) is 20.8. The molecule has 3 aromatic heterocycles. The van der Waals surface area contributed by atoms with E-state index in [0.717, 1.165) is 97.1 Å². The minimum atomic E-state index is 0.137. The summed E-state index contributed by atoms with van der Waals surface area (Å²) >= 11 is 0. The monoisotopic (exact) mass is 893 g/mol. The van der Waals surface area contributed by atoms with E-state index in [2.05, 4.69) is 243 Å². The average Bonchev–Trinajstić information content (AvgIpc) is 3.44. The van der Waals surface area contributed by atoms with Gasteiger partial charge in [-0.3, -0.25) is 0 Å². The first-order valence-corrected chi connectivity index (χ1v) is 24.8. The number of rotatable bonds is 10. The minimum absolute atomic E-state index is 0.137. The fraction of sp³-hybridized carbons (Fsp3) is 0.0781. The first kappa shape index (κ1) is 44.0. The third-order valence-corrected chi connectivity index (χ3v) is 13.9. The first-order valence-electron chi connectivity index (χ1n) is 23.7. The Morgan fingerprint density at radius 1 is 0.368 bits per heavy atom. The van der Waals surface area contributed by atoms with Crippen LogP contribution in [0.4, 0.5) is 0 Å². The van der Waals surface area contributed by atoms with Crippen LogP contribution in [0.2, 0.25) is 0 Å². The van der Waals surface area contributed by atoms with E-state index in [1.165, 1.54) is 22.0 Å². The molecule has 0 bridgehead atoms. The molecule has 68 heavy (non-hydrogen) atoms. The molecule has 2 atom stereocenters. The lowest BCUT2D eigenvalue weighted by molar-refractivity contribution is 1.04. The zero-order valence-electron chi connectivity index (χ0n) is 38.4. The molecule has 0 saturated heterocycles. The van der Waals surface area contributed by atoms with Crippen LogP contribution in [0, 0.1) is 0 Å². The first-order chi connectivity index (χ1) is 33.7. The number of allylic oxidation sites excluding steroid dienone is 7. The van der Waals surface area contributed by atoms with E-state index in [0.29, 0.717) is 8.58 Å². The van der Waals surface area contributed by atoms with E-state index in [1.54, 1.807) is 0 Å². The van der Waals surface area contributed by atoms with Gasteiger partial charge >= 0.3 is 0 Å². The van der Waals surface area contributed by atoms with Gasteiger partial charge in [-0.25, -0.2) is 15.0 Å². The van der Waals surface area contributed by atoms with Gasteiger partial charge in [-0.2, -0.15) is 0 Å². The van der Waals surface area contributed by atoms with E-state index >= 15 is 0 Å².